The van der Waals surface area contributed by atoms with E-state index in [4.69, 9.17) is 5.11 Å². The standard InChI is InChI=1S/C15H18N2O2/c1-12-4-2-8-17(11-12)15(19)14-7-6-13(10-16-14)5-3-9-18/h6-7,10,12,18H,2,4,8-9,11H2,1H3. The number of piperidine rings is 1. The van der Waals surface area contributed by atoms with Crippen molar-refractivity contribution in [1.29, 1.82) is 0 Å². The van der Waals surface area contributed by atoms with Gasteiger partial charge < -0.3 is 10.0 Å². The van der Waals surface area contributed by atoms with E-state index in [9.17, 15) is 4.79 Å². The van der Waals surface area contributed by atoms with Crippen LogP contribution in [0.4, 0.5) is 0 Å². The largest absolute Gasteiger partial charge is 0.384 e. The quantitative estimate of drug-likeness (QED) is 0.772. The molecular formula is C15H18N2O2. The Labute approximate surface area is 113 Å². The molecule has 1 fully saturated rings. The fourth-order valence-electron chi connectivity index (χ4n) is 2.27. The Hall–Kier alpha value is -1.86. The molecule has 100 valence electrons. The van der Waals surface area contributed by atoms with E-state index in [2.05, 4.69) is 23.7 Å². The second kappa shape index (κ2) is 6.35. The van der Waals surface area contributed by atoms with Gasteiger partial charge >= 0.3 is 0 Å². The first-order valence-corrected chi connectivity index (χ1v) is 6.55. The average Bonchev–Trinajstić information content (AvgIpc) is 2.45. The number of nitrogens with zero attached hydrogens (tertiary/aromatic N) is 2. The number of carbonyl (C=O) groups is 1. The third-order valence-corrected chi connectivity index (χ3v) is 3.24. The third-order valence-electron chi connectivity index (χ3n) is 3.24. The number of hydrogen-bond donors (Lipinski definition) is 1. The summed E-state index contributed by atoms with van der Waals surface area (Å²) in [5.41, 5.74) is 1.17. The molecule has 1 aliphatic heterocycles. The summed E-state index contributed by atoms with van der Waals surface area (Å²) in [5.74, 6) is 5.87. The Morgan fingerprint density at radius 2 is 2.42 bits per heavy atom. The summed E-state index contributed by atoms with van der Waals surface area (Å²) < 4.78 is 0. The molecule has 0 aliphatic carbocycles. The molecule has 2 rings (SSSR count). The van der Waals surface area contributed by atoms with Crippen molar-refractivity contribution in [2.75, 3.05) is 19.7 Å². The molecule has 4 nitrogen and oxygen atoms in total. The number of aliphatic hydroxyl groups excluding tert-OH is 1. The number of rotatable bonds is 1. The highest BCUT2D eigenvalue weighted by atomic mass is 16.2. The molecule has 1 saturated heterocycles. The summed E-state index contributed by atoms with van der Waals surface area (Å²) >= 11 is 0. The van der Waals surface area contributed by atoms with Crippen molar-refractivity contribution in [3.8, 4) is 11.8 Å². The van der Waals surface area contributed by atoms with Gasteiger partial charge in [0.15, 0.2) is 0 Å². The molecule has 1 amide bonds. The minimum atomic E-state index is -0.174. The van der Waals surface area contributed by atoms with E-state index >= 15 is 0 Å². The van der Waals surface area contributed by atoms with E-state index in [-0.39, 0.29) is 12.5 Å². The molecule has 2 heterocycles. The van der Waals surface area contributed by atoms with Gasteiger partial charge in [-0.25, -0.2) is 4.98 Å². The van der Waals surface area contributed by atoms with E-state index in [1.54, 1.807) is 18.3 Å². The van der Waals surface area contributed by atoms with Crippen LogP contribution in [0.15, 0.2) is 18.3 Å². The van der Waals surface area contributed by atoms with Crippen LogP contribution in [0.3, 0.4) is 0 Å². The number of likely N-dealkylation sites (tertiary alicyclic amines) is 1. The molecule has 4 heteroatoms. The highest BCUT2D eigenvalue weighted by molar-refractivity contribution is 5.92. The van der Waals surface area contributed by atoms with Crippen molar-refractivity contribution < 1.29 is 9.90 Å². The summed E-state index contributed by atoms with van der Waals surface area (Å²) in [5, 5.41) is 8.61. The van der Waals surface area contributed by atoms with Gasteiger partial charge in [0.05, 0.1) is 0 Å². The van der Waals surface area contributed by atoms with E-state index in [1.807, 2.05) is 4.90 Å². The zero-order chi connectivity index (χ0) is 13.7. The lowest BCUT2D eigenvalue weighted by Crippen LogP contribution is -2.39. The lowest BCUT2D eigenvalue weighted by Gasteiger charge is -2.30. The number of aromatic nitrogens is 1. The zero-order valence-electron chi connectivity index (χ0n) is 11.1. The van der Waals surface area contributed by atoms with E-state index in [0.29, 0.717) is 17.2 Å². The van der Waals surface area contributed by atoms with E-state index in [1.165, 1.54) is 6.42 Å². The number of amides is 1. The van der Waals surface area contributed by atoms with Crippen LogP contribution in [0.25, 0.3) is 0 Å². The van der Waals surface area contributed by atoms with Gasteiger partial charge in [0.1, 0.15) is 12.3 Å². The van der Waals surface area contributed by atoms with Gasteiger partial charge in [0.25, 0.3) is 5.91 Å². The minimum absolute atomic E-state index is 0.00628. The highest BCUT2D eigenvalue weighted by Crippen LogP contribution is 2.17. The highest BCUT2D eigenvalue weighted by Gasteiger charge is 2.22. The topological polar surface area (TPSA) is 53.4 Å². The summed E-state index contributed by atoms with van der Waals surface area (Å²) in [7, 11) is 0. The van der Waals surface area contributed by atoms with Gasteiger partial charge in [-0.2, -0.15) is 0 Å². The van der Waals surface area contributed by atoms with E-state index in [0.717, 1.165) is 19.5 Å². The van der Waals surface area contributed by atoms with Crippen LogP contribution in [-0.2, 0) is 0 Å². The fourth-order valence-corrected chi connectivity index (χ4v) is 2.27. The Morgan fingerprint density at radius 1 is 1.58 bits per heavy atom. The lowest BCUT2D eigenvalue weighted by molar-refractivity contribution is 0.0677. The van der Waals surface area contributed by atoms with Crippen molar-refractivity contribution in [2.45, 2.75) is 19.8 Å². The normalized spacial score (nSPS) is 18.6. The minimum Gasteiger partial charge on any atom is -0.384 e. The maximum Gasteiger partial charge on any atom is 0.272 e. The Bertz CT molecular complexity index is 499. The molecule has 1 unspecified atom stereocenters. The van der Waals surface area contributed by atoms with Crippen molar-refractivity contribution in [3.63, 3.8) is 0 Å². The predicted molar refractivity (Wildman–Crippen MR) is 72.5 cm³/mol. The zero-order valence-corrected chi connectivity index (χ0v) is 11.1. The van der Waals surface area contributed by atoms with Gasteiger partial charge in [0.2, 0.25) is 0 Å². The SMILES string of the molecule is CC1CCCN(C(=O)c2ccc(C#CCO)cn2)C1. The molecule has 1 aromatic rings. The Kier molecular flexibility index (Phi) is 4.53. The molecule has 1 atom stereocenters. The van der Waals surface area contributed by atoms with Gasteiger partial charge in [-0.1, -0.05) is 18.8 Å². The lowest BCUT2D eigenvalue weighted by atomic mass is 10.00. The van der Waals surface area contributed by atoms with Gasteiger partial charge in [-0.05, 0) is 30.9 Å². The summed E-state index contributed by atoms with van der Waals surface area (Å²) in [4.78, 5) is 18.3. The van der Waals surface area contributed by atoms with Crippen LogP contribution >= 0.6 is 0 Å². The first-order valence-electron chi connectivity index (χ1n) is 6.55. The summed E-state index contributed by atoms with van der Waals surface area (Å²) in [6.07, 6.45) is 3.82. The molecule has 0 saturated carbocycles. The fraction of sp³-hybridized carbons (Fsp3) is 0.467. The van der Waals surface area contributed by atoms with Crippen LogP contribution in [0.1, 0.15) is 35.8 Å². The molecule has 1 aliphatic rings. The second-order valence-electron chi connectivity index (χ2n) is 4.89. The molecule has 0 radical (unpaired) electrons. The van der Waals surface area contributed by atoms with Crippen LogP contribution in [0, 0.1) is 17.8 Å². The van der Waals surface area contributed by atoms with Gasteiger partial charge in [0, 0.05) is 24.8 Å². The smallest absolute Gasteiger partial charge is 0.272 e. The first-order chi connectivity index (χ1) is 9.20. The van der Waals surface area contributed by atoms with Gasteiger partial charge in [-0.15, -0.1) is 0 Å². The third kappa shape index (κ3) is 3.55. The van der Waals surface area contributed by atoms with Crippen molar-refractivity contribution in [3.05, 3.63) is 29.6 Å². The summed E-state index contributed by atoms with van der Waals surface area (Å²) in [6, 6.07) is 3.46. The molecule has 19 heavy (non-hydrogen) atoms. The monoisotopic (exact) mass is 258 g/mol. The van der Waals surface area contributed by atoms with Crippen molar-refractivity contribution in [2.24, 2.45) is 5.92 Å². The van der Waals surface area contributed by atoms with Crippen molar-refractivity contribution in [1.82, 2.24) is 9.88 Å². The first kappa shape index (κ1) is 13.6. The molecule has 1 aromatic heterocycles. The molecule has 0 spiro atoms. The van der Waals surface area contributed by atoms with Crippen molar-refractivity contribution >= 4 is 5.91 Å². The maximum atomic E-state index is 12.3. The number of hydrogen-bond acceptors (Lipinski definition) is 3. The molecule has 0 bridgehead atoms. The maximum absolute atomic E-state index is 12.3. The number of aliphatic hydroxyl groups is 1. The van der Waals surface area contributed by atoms with Crippen LogP contribution < -0.4 is 0 Å². The summed E-state index contributed by atoms with van der Waals surface area (Å²) in [6.45, 7) is 3.62. The van der Waals surface area contributed by atoms with Crippen LogP contribution in [0.2, 0.25) is 0 Å². The molecular weight excluding hydrogens is 240 g/mol. The molecule has 1 N–H and O–H groups in total. The van der Waals surface area contributed by atoms with E-state index < -0.39 is 0 Å². The molecule has 0 aromatic carbocycles. The van der Waals surface area contributed by atoms with Crippen LogP contribution in [0.5, 0.6) is 0 Å². The Balaban J connectivity index is 2.07. The average molecular weight is 258 g/mol. The second-order valence-corrected chi connectivity index (χ2v) is 4.89. The Morgan fingerprint density at radius 3 is 3.05 bits per heavy atom. The number of pyridine rings is 1. The van der Waals surface area contributed by atoms with Crippen LogP contribution in [-0.4, -0.2) is 40.6 Å². The predicted octanol–water partition coefficient (Wildman–Crippen LogP) is 1.30. The van der Waals surface area contributed by atoms with Gasteiger partial charge in [-0.3, -0.25) is 4.79 Å². The number of carbonyl (C=O) groups excluding carboxylic acids is 1.